The van der Waals surface area contributed by atoms with Gasteiger partial charge in [-0.3, -0.25) is 0 Å². The van der Waals surface area contributed by atoms with E-state index in [1.165, 1.54) is 29.7 Å². The van der Waals surface area contributed by atoms with E-state index < -0.39 is 0 Å². The number of carbonyl (C=O) groups excluding carboxylic acids is 1. The van der Waals surface area contributed by atoms with Crippen LogP contribution in [0.3, 0.4) is 0 Å². The molecule has 80 valence electrons. The lowest BCUT2D eigenvalue weighted by Crippen LogP contribution is -2.13. The van der Waals surface area contributed by atoms with Crippen molar-refractivity contribution in [3.63, 3.8) is 0 Å². The summed E-state index contributed by atoms with van der Waals surface area (Å²) in [6, 6.07) is 8.48. The molecule has 1 aliphatic carbocycles. The third-order valence-corrected chi connectivity index (χ3v) is 4.31. The van der Waals surface area contributed by atoms with Crippen LogP contribution in [0.2, 0.25) is 0 Å². The second-order valence-electron chi connectivity index (χ2n) is 3.98. The van der Waals surface area contributed by atoms with Gasteiger partial charge >= 0.3 is 0 Å². The van der Waals surface area contributed by atoms with Gasteiger partial charge in [0.15, 0.2) is 0 Å². The van der Waals surface area contributed by atoms with Crippen LogP contribution in [-0.2, 0) is 11.2 Å². The normalized spacial score (nSPS) is 16.0. The monoisotopic (exact) mass is 220 g/mol. The van der Waals surface area contributed by atoms with E-state index in [4.69, 9.17) is 0 Å². The summed E-state index contributed by atoms with van der Waals surface area (Å²) in [6.45, 7) is 0. The van der Waals surface area contributed by atoms with Crippen LogP contribution < -0.4 is 0 Å². The summed E-state index contributed by atoms with van der Waals surface area (Å²) in [6.07, 6.45) is 6.62. The lowest BCUT2D eigenvalue weighted by Gasteiger charge is -2.25. The van der Waals surface area contributed by atoms with Crippen molar-refractivity contribution in [2.45, 2.75) is 42.2 Å². The van der Waals surface area contributed by atoms with Crippen LogP contribution in [0.5, 0.6) is 0 Å². The molecule has 2 rings (SSSR count). The quantitative estimate of drug-likeness (QED) is 0.707. The molecule has 0 aromatic heterocycles. The molecular weight excluding hydrogens is 204 g/mol. The van der Waals surface area contributed by atoms with E-state index in [9.17, 15) is 4.79 Å². The largest absolute Gasteiger partial charge is 0.303 e. The molecule has 1 aliphatic rings. The Morgan fingerprint density at radius 1 is 1.33 bits per heavy atom. The molecule has 0 atom stereocenters. The molecule has 1 saturated carbocycles. The molecule has 2 heteroatoms. The predicted molar refractivity (Wildman–Crippen MR) is 64.3 cm³/mol. The van der Waals surface area contributed by atoms with Crippen molar-refractivity contribution in [2.75, 3.05) is 0 Å². The Labute approximate surface area is 95.3 Å². The topological polar surface area (TPSA) is 17.1 Å². The van der Waals surface area contributed by atoms with Crippen LogP contribution in [0.1, 0.15) is 31.2 Å². The van der Waals surface area contributed by atoms with E-state index in [1.807, 2.05) is 11.8 Å². The average molecular weight is 220 g/mol. The predicted octanol–water partition coefficient (Wildman–Crippen LogP) is 3.46. The van der Waals surface area contributed by atoms with E-state index in [1.54, 1.807) is 0 Å². The Morgan fingerprint density at radius 2 is 2.13 bits per heavy atom. The van der Waals surface area contributed by atoms with Crippen LogP contribution in [0, 0.1) is 0 Å². The molecule has 0 bridgehead atoms. The van der Waals surface area contributed by atoms with Crippen molar-refractivity contribution in [1.29, 1.82) is 0 Å². The first-order valence-electron chi connectivity index (χ1n) is 5.58. The molecule has 1 aromatic carbocycles. The van der Waals surface area contributed by atoms with Crippen molar-refractivity contribution >= 4 is 18.0 Å². The van der Waals surface area contributed by atoms with Gasteiger partial charge in [0.1, 0.15) is 6.29 Å². The zero-order valence-electron chi connectivity index (χ0n) is 8.82. The fourth-order valence-electron chi connectivity index (χ4n) is 1.71. The summed E-state index contributed by atoms with van der Waals surface area (Å²) in [5.74, 6) is 0. The molecule has 1 nitrogen and oxygen atoms in total. The van der Waals surface area contributed by atoms with Gasteiger partial charge in [-0.25, -0.2) is 0 Å². The number of thioether (sulfide) groups is 1. The summed E-state index contributed by atoms with van der Waals surface area (Å²) < 4.78 is 0. The number of hydrogen-bond acceptors (Lipinski definition) is 2. The number of rotatable bonds is 5. The van der Waals surface area contributed by atoms with Gasteiger partial charge in [0.25, 0.3) is 0 Å². The van der Waals surface area contributed by atoms with Gasteiger partial charge in [0.05, 0.1) is 0 Å². The molecule has 1 aromatic rings. The van der Waals surface area contributed by atoms with Gasteiger partial charge in [-0.2, -0.15) is 0 Å². The zero-order valence-corrected chi connectivity index (χ0v) is 9.63. The van der Waals surface area contributed by atoms with Gasteiger partial charge in [-0.1, -0.05) is 24.6 Å². The van der Waals surface area contributed by atoms with Gasteiger partial charge < -0.3 is 4.79 Å². The summed E-state index contributed by atoms with van der Waals surface area (Å²) in [5.41, 5.74) is 1.33. The molecule has 0 aliphatic heterocycles. The van der Waals surface area contributed by atoms with E-state index in [2.05, 4.69) is 24.3 Å². The maximum absolute atomic E-state index is 10.4. The van der Waals surface area contributed by atoms with Crippen molar-refractivity contribution in [3.05, 3.63) is 29.8 Å². The summed E-state index contributed by atoms with van der Waals surface area (Å²) in [5, 5.41) is 0.822. The fourth-order valence-corrected chi connectivity index (χ4v) is 3.11. The molecule has 0 N–H and O–H groups in total. The number of aryl methyl sites for hydroxylation is 1. The Bertz CT molecular complexity index is 331. The minimum atomic E-state index is 0.641. The zero-order chi connectivity index (χ0) is 10.5. The standard InChI is InChI=1S/C13H16OS/c14-10-4-6-11-5-1-2-9-13(11)15-12-7-3-8-12/h1-2,5,9-10,12H,3-4,6-8H2. The first-order chi connectivity index (χ1) is 7.40. The van der Waals surface area contributed by atoms with Gasteiger partial charge in [0, 0.05) is 16.6 Å². The molecule has 0 unspecified atom stereocenters. The van der Waals surface area contributed by atoms with Crippen LogP contribution in [0.4, 0.5) is 0 Å². The maximum atomic E-state index is 10.4. The van der Waals surface area contributed by atoms with Crippen LogP contribution >= 0.6 is 11.8 Å². The first kappa shape index (κ1) is 10.7. The Balaban J connectivity index is 2.02. The molecule has 15 heavy (non-hydrogen) atoms. The second kappa shape index (κ2) is 5.36. The van der Waals surface area contributed by atoms with Crippen LogP contribution in [0.25, 0.3) is 0 Å². The highest BCUT2D eigenvalue weighted by molar-refractivity contribution is 8.00. The summed E-state index contributed by atoms with van der Waals surface area (Å²) in [4.78, 5) is 11.8. The Kier molecular flexibility index (Phi) is 3.84. The van der Waals surface area contributed by atoms with Crippen LogP contribution in [0.15, 0.2) is 29.2 Å². The number of benzene rings is 1. The molecule has 0 radical (unpaired) electrons. The summed E-state index contributed by atoms with van der Waals surface area (Å²) in [7, 11) is 0. The number of aldehydes is 1. The van der Waals surface area contributed by atoms with E-state index in [0.29, 0.717) is 6.42 Å². The van der Waals surface area contributed by atoms with E-state index >= 15 is 0 Å². The minimum absolute atomic E-state index is 0.641. The highest BCUT2D eigenvalue weighted by atomic mass is 32.2. The number of carbonyl (C=O) groups is 1. The average Bonchev–Trinajstić information content (AvgIpc) is 2.22. The second-order valence-corrected chi connectivity index (χ2v) is 5.33. The molecule has 1 fully saturated rings. The highest BCUT2D eigenvalue weighted by Crippen LogP contribution is 2.37. The van der Waals surface area contributed by atoms with Gasteiger partial charge in [-0.15, -0.1) is 11.8 Å². The van der Waals surface area contributed by atoms with Gasteiger partial charge in [0.2, 0.25) is 0 Å². The highest BCUT2D eigenvalue weighted by Gasteiger charge is 2.19. The lowest BCUT2D eigenvalue weighted by atomic mass is 10.00. The molecule has 0 spiro atoms. The minimum Gasteiger partial charge on any atom is -0.303 e. The van der Waals surface area contributed by atoms with Gasteiger partial charge in [-0.05, 0) is 30.9 Å². The van der Waals surface area contributed by atoms with E-state index in [0.717, 1.165) is 18.0 Å². The Morgan fingerprint density at radius 3 is 2.80 bits per heavy atom. The number of hydrogen-bond donors (Lipinski definition) is 0. The van der Waals surface area contributed by atoms with Crippen molar-refractivity contribution in [1.82, 2.24) is 0 Å². The molecule has 0 amide bonds. The molecule has 0 saturated heterocycles. The first-order valence-corrected chi connectivity index (χ1v) is 6.46. The smallest absolute Gasteiger partial charge is 0.120 e. The third-order valence-electron chi connectivity index (χ3n) is 2.85. The lowest BCUT2D eigenvalue weighted by molar-refractivity contribution is -0.107. The maximum Gasteiger partial charge on any atom is 0.120 e. The molecule has 0 heterocycles. The van der Waals surface area contributed by atoms with Crippen LogP contribution in [-0.4, -0.2) is 11.5 Å². The SMILES string of the molecule is O=CCCc1ccccc1SC1CCC1. The fraction of sp³-hybridized carbons (Fsp3) is 0.462. The van der Waals surface area contributed by atoms with Crippen molar-refractivity contribution in [3.8, 4) is 0 Å². The van der Waals surface area contributed by atoms with E-state index in [-0.39, 0.29) is 0 Å². The van der Waals surface area contributed by atoms with Crippen molar-refractivity contribution in [2.24, 2.45) is 0 Å². The van der Waals surface area contributed by atoms with Crippen molar-refractivity contribution < 1.29 is 4.79 Å². The molecular formula is C13H16OS. The third kappa shape index (κ3) is 2.85. The summed E-state index contributed by atoms with van der Waals surface area (Å²) >= 11 is 1.99. The Hall–Kier alpha value is -0.760.